The molecule has 1 heterocycles. The highest BCUT2D eigenvalue weighted by Crippen LogP contribution is 2.41. The van der Waals surface area contributed by atoms with Gasteiger partial charge in [0, 0.05) is 16.6 Å². The first-order chi connectivity index (χ1) is 13.0. The Balaban J connectivity index is 2.16. The summed E-state index contributed by atoms with van der Waals surface area (Å²) < 4.78 is 12.2. The van der Waals surface area contributed by atoms with Crippen molar-refractivity contribution in [3.63, 3.8) is 0 Å². The number of carboxylic acid groups (broad SMARTS) is 1. The highest BCUT2D eigenvalue weighted by Gasteiger charge is 2.38. The third kappa shape index (κ3) is 4.28. The quantitative estimate of drug-likeness (QED) is 0.696. The van der Waals surface area contributed by atoms with E-state index in [1.54, 1.807) is 7.11 Å². The number of hydrogen-bond acceptors (Lipinski definition) is 4. The summed E-state index contributed by atoms with van der Waals surface area (Å²) >= 11 is 3.55. The van der Waals surface area contributed by atoms with E-state index in [-0.39, 0.29) is 6.04 Å². The van der Waals surface area contributed by atoms with Gasteiger partial charge in [0.05, 0.1) is 19.8 Å². The topological polar surface area (TPSA) is 59.0 Å². The van der Waals surface area contributed by atoms with E-state index < -0.39 is 12.0 Å². The Labute approximate surface area is 168 Å². The van der Waals surface area contributed by atoms with Crippen molar-refractivity contribution >= 4 is 21.9 Å². The molecule has 144 valence electrons. The standard InChI is InChI=1S/C21H24BrNO4/c1-3-27-19-10-9-15(22)13-17(19)20(14-6-4-7-16(12-14)26-2)23-11-5-8-18(23)21(24)25/h4,6-7,9-10,12-13,18,20H,3,5,8,11H2,1-2H3,(H,24,25). The van der Waals surface area contributed by atoms with Crippen LogP contribution < -0.4 is 9.47 Å². The first-order valence-electron chi connectivity index (χ1n) is 9.10. The maximum absolute atomic E-state index is 11.9. The van der Waals surface area contributed by atoms with E-state index in [1.165, 1.54) is 0 Å². The summed E-state index contributed by atoms with van der Waals surface area (Å²) in [5.74, 6) is 0.731. The van der Waals surface area contributed by atoms with Crippen LogP contribution in [-0.4, -0.2) is 42.3 Å². The van der Waals surface area contributed by atoms with Gasteiger partial charge in [-0.1, -0.05) is 28.1 Å². The second-order valence-electron chi connectivity index (χ2n) is 6.53. The van der Waals surface area contributed by atoms with E-state index in [2.05, 4.69) is 20.8 Å². The van der Waals surface area contributed by atoms with E-state index >= 15 is 0 Å². The van der Waals surface area contributed by atoms with Gasteiger partial charge in [-0.25, -0.2) is 0 Å². The van der Waals surface area contributed by atoms with E-state index in [1.807, 2.05) is 49.4 Å². The van der Waals surface area contributed by atoms with Crippen LogP contribution in [0.1, 0.15) is 36.9 Å². The van der Waals surface area contributed by atoms with E-state index in [0.717, 1.165) is 40.1 Å². The summed E-state index contributed by atoms with van der Waals surface area (Å²) in [5.41, 5.74) is 1.94. The van der Waals surface area contributed by atoms with Crippen LogP contribution in [0.2, 0.25) is 0 Å². The summed E-state index contributed by atoms with van der Waals surface area (Å²) in [4.78, 5) is 13.9. The number of likely N-dealkylation sites (tertiary alicyclic amines) is 1. The molecule has 0 aliphatic carbocycles. The Morgan fingerprint density at radius 2 is 2.15 bits per heavy atom. The average Bonchev–Trinajstić information content (AvgIpc) is 3.14. The molecule has 5 nitrogen and oxygen atoms in total. The van der Waals surface area contributed by atoms with Crippen molar-refractivity contribution in [3.8, 4) is 11.5 Å². The number of methoxy groups -OCH3 is 1. The highest BCUT2D eigenvalue weighted by molar-refractivity contribution is 9.10. The predicted molar refractivity (Wildman–Crippen MR) is 108 cm³/mol. The van der Waals surface area contributed by atoms with Gasteiger partial charge in [0.15, 0.2) is 0 Å². The van der Waals surface area contributed by atoms with Crippen LogP contribution in [0.15, 0.2) is 46.9 Å². The van der Waals surface area contributed by atoms with Crippen LogP contribution in [0.4, 0.5) is 0 Å². The van der Waals surface area contributed by atoms with Gasteiger partial charge in [0.25, 0.3) is 0 Å². The minimum absolute atomic E-state index is 0.234. The molecule has 2 atom stereocenters. The lowest BCUT2D eigenvalue weighted by atomic mass is 9.95. The number of nitrogens with zero attached hydrogens (tertiary/aromatic N) is 1. The molecule has 1 fully saturated rings. The minimum Gasteiger partial charge on any atom is -0.497 e. The smallest absolute Gasteiger partial charge is 0.320 e. The fourth-order valence-corrected chi connectivity index (χ4v) is 4.12. The molecular weight excluding hydrogens is 410 g/mol. The van der Waals surface area contributed by atoms with Gasteiger partial charge in [-0.15, -0.1) is 0 Å². The number of rotatable bonds is 7. The van der Waals surface area contributed by atoms with Gasteiger partial charge < -0.3 is 14.6 Å². The van der Waals surface area contributed by atoms with Crippen molar-refractivity contribution in [3.05, 3.63) is 58.1 Å². The van der Waals surface area contributed by atoms with Crippen LogP contribution in [0.5, 0.6) is 11.5 Å². The molecule has 0 amide bonds. The Morgan fingerprint density at radius 1 is 1.33 bits per heavy atom. The first kappa shape index (κ1) is 19.7. The summed E-state index contributed by atoms with van der Waals surface area (Å²) in [7, 11) is 1.63. The van der Waals surface area contributed by atoms with Crippen LogP contribution in [-0.2, 0) is 4.79 Å². The van der Waals surface area contributed by atoms with Crippen LogP contribution in [0, 0.1) is 0 Å². The minimum atomic E-state index is -0.784. The molecule has 2 aromatic rings. The molecular formula is C21H24BrNO4. The van der Waals surface area contributed by atoms with Crippen LogP contribution in [0.25, 0.3) is 0 Å². The molecule has 27 heavy (non-hydrogen) atoms. The monoisotopic (exact) mass is 433 g/mol. The summed E-state index contributed by atoms with van der Waals surface area (Å²) in [6, 6.07) is 13.0. The molecule has 6 heteroatoms. The maximum Gasteiger partial charge on any atom is 0.320 e. The average molecular weight is 434 g/mol. The Morgan fingerprint density at radius 3 is 2.85 bits per heavy atom. The molecule has 0 aromatic heterocycles. The highest BCUT2D eigenvalue weighted by atomic mass is 79.9. The first-order valence-corrected chi connectivity index (χ1v) is 9.89. The molecule has 2 unspecified atom stereocenters. The molecule has 1 saturated heterocycles. The molecule has 3 rings (SSSR count). The van der Waals surface area contributed by atoms with Gasteiger partial charge in [-0.05, 0) is 55.7 Å². The number of carbonyl (C=O) groups is 1. The Hall–Kier alpha value is -2.05. The number of ether oxygens (including phenoxy) is 2. The summed E-state index contributed by atoms with van der Waals surface area (Å²) in [5, 5.41) is 9.75. The van der Waals surface area contributed by atoms with Crippen molar-refractivity contribution in [1.29, 1.82) is 0 Å². The zero-order valence-corrected chi connectivity index (χ0v) is 17.1. The maximum atomic E-state index is 11.9. The van der Waals surface area contributed by atoms with Gasteiger partial charge in [0.2, 0.25) is 0 Å². The summed E-state index contributed by atoms with van der Waals surface area (Å²) in [6.45, 7) is 3.21. The fraction of sp³-hybridized carbons (Fsp3) is 0.381. The third-order valence-corrected chi connectivity index (χ3v) is 5.38. The van der Waals surface area contributed by atoms with E-state index in [4.69, 9.17) is 9.47 Å². The number of benzene rings is 2. The number of hydrogen-bond donors (Lipinski definition) is 1. The number of halogens is 1. The number of carboxylic acids is 1. The van der Waals surface area contributed by atoms with Crippen molar-refractivity contribution in [1.82, 2.24) is 4.90 Å². The van der Waals surface area contributed by atoms with Crippen LogP contribution in [0.3, 0.4) is 0 Å². The molecule has 2 aromatic carbocycles. The van der Waals surface area contributed by atoms with Gasteiger partial charge in [-0.2, -0.15) is 0 Å². The zero-order valence-electron chi connectivity index (χ0n) is 15.5. The van der Waals surface area contributed by atoms with Gasteiger partial charge in [-0.3, -0.25) is 9.69 Å². The molecule has 1 N–H and O–H groups in total. The fourth-order valence-electron chi connectivity index (χ4n) is 3.74. The third-order valence-electron chi connectivity index (χ3n) is 4.89. The normalized spacial score (nSPS) is 18.3. The molecule has 0 radical (unpaired) electrons. The lowest BCUT2D eigenvalue weighted by Crippen LogP contribution is -2.39. The molecule has 0 bridgehead atoms. The largest absolute Gasteiger partial charge is 0.497 e. The molecule has 0 saturated carbocycles. The van der Waals surface area contributed by atoms with E-state index in [9.17, 15) is 9.90 Å². The zero-order chi connectivity index (χ0) is 19.4. The van der Waals surface area contributed by atoms with Crippen LogP contribution >= 0.6 is 15.9 Å². The molecule has 1 aliphatic rings. The Kier molecular flexibility index (Phi) is 6.39. The van der Waals surface area contributed by atoms with Gasteiger partial charge in [0.1, 0.15) is 17.5 Å². The van der Waals surface area contributed by atoms with Crippen molar-refractivity contribution in [2.45, 2.75) is 31.8 Å². The predicted octanol–water partition coefficient (Wildman–Crippen LogP) is 4.49. The lowest BCUT2D eigenvalue weighted by molar-refractivity contribution is -0.142. The van der Waals surface area contributed by atoms with Crippen molar-refractivity contribution in [2.75, 3.05) is 20.3 Å². The molecule has 0 spiro atoms. The summed E-state index contributed by atoms with van der Waals surface area (Å²) in [6.07, 6.45) is 1.50. The van der Waals surface area contributed by atoms with Crippen molar-refractivity contribution in [2.24, 2.45) is 0 Å². The number of aliphatic carboxylic acids is 1. The second kappa shape index (κ2) is 8.76. The SMILES string of the molecule is CCOc1ccc(Br)cc1C(c1cccc(OC)c1)N1CCCC1C(=O)O. The van der Waals surface area contributed by atoms with E-state index in [0.29, 0.717) is 13.0 Å². The second-order valence-corrected chi connectivity index (χ2v) is 7.44. The Bertz CT molecular complexity index is 811. The molecule has 1 aliphatic heterocycles. The van der Waals surface area contributed by atoms with Crippen molar-refractivity contribution < 1.29 is 19.4 Å². The van der Waals surface area contributed by atoms with Gasteiger partial charge >= 0.3 is 5.97 Å². The lowest BCUT2D eigenvalue weighted by Gasteiger charge is -2.33.